The van der Waals surface area contributed by atoms with E-state index in [2.05, 4.69) is 27.1 Å². The van der Waals surface area contributed by atoms with Crippen molar-refractivity contribution in [2.75, 3.05) is 14.1 Å². The molecule has 0 aliphatic heterocycles. The quantitative estimate of drug-likeness (QED) is 0.711. The van der Waals surface area contributed by atoms with Gasteiger partial charge >= 0.3 is 0 Å². The summed E-state index contributed by atoms with van der Waals surface area (Å²) in [7, 11) is 4.09. The Morgan fingerprint density at radius 1 is 1.36 bits per heavy atom. The van der Waals surface area contributed by atoms with Gasteiger partial charge in [-0.25, -0.2) is 9.50 Å². The van der Waals surface area contributed by atoms with Crippen LogP contribution in [0.15, 0.2) is 18.5 Å². The molecule has 2 aromatic rings. The maximum atomic E-state index is 4.22. The van der Waals surface area contributed by atoms with E-state index < -0.39 is 0 Å². The first-order chi connectivity index (χ1) is 6.68. The van der Waals surface area contributed by atoms with Crippen LogP contribution in [0.4, 0.5) is 0 Å². The average Bonchev–Trinajstić information content (AvgIpc) is 2.58. The van der Waals surface area contributed by atoms with E-state index in [1.54, 1.807) is 6.33 Å². The van der Waals surface area contributed by atoms with Crippen molar-refractivity contribution in [3.05, 3.63) is 29.7 Å². The Labute approximate surface area is 83.2 Å². The lowest BCUT2D eigenvalue weighted by molar-refractivity contribution is 0.392. The summed E-state index contributed by atoms with van der Waals surface area (Å²) in [5.74, 6) is 0. The van der Waals surface area contributed by atoms with E-state index >= 15 is 0 Å². The zero-order valence-electron chi connectivity index (χ0n) is 8.73. The Hall–Kier alpha value is -1.42. The molecular weight excluding hydrogens is 176 g/mol. The number of fused-ring (bicyclic) bond motifs is 1. The number of aromatic nitrogens is 3. The number of rotatable bonds is 2. The zero-order valence-corrected chi connectivity index (χ0v) is 8.73. The van der Waals surface area contributed by atoms with Gasteiger partial charge in [-0.3, -0.25) is 0 Å². The minimum absolute atomic E-state index is 0.875. The molecule has 0 aliphatic carbocycles. The fourth-order valence-electron chi connectivity index (χ4n) is 1.53. The number of aryl methyl sites for hydroxylation is 1. The monoisotopic (exact) mass is 190 g/mol. The maximum absolute atomic E-state index is 4.22. The molecule has 0 unspecified atom stereocenters. The Morgan fingerprint density at radius 2 is 2.14 bits per heavy atom. The lowest BCUT2D eigenvalue weighted by Crippen LogP contribution is -2.14. The third-order valence-electron chi connectivity index (χ3n) is 2.18. The zero-order chi connectivity index (χ0) is 10.1. The highest BCUT2D eigenvalue weighted by Gasteiger charge is 2.05. The van der Waals surface area contributed by atoms with Crippen molar-refractivity contribution in [2.24, 2.45) is 0 Å². The Kier molecular flexibility index (Phi) is 2.21. The standard InChI is InChI=1S/C10H14N4/c1-8-4-5-9(6-13(2)3)14-10(8)11-7-12-14/h4-5,7H,6H2,1-3H3. The molecular formula is C10H14N4. The lowest BCUT2D eigenvalue weighted by Gasteiger charge is -2.11. The molecule has 74 valence electrons. The molecule has 4 heteroatoms. The highest BCUT2D eigenvalue weighted by Crippen LogP contribution is 2.10. The summed E-state index contributed by atoms with van der Waals surface area (Å²) in [4.78, 5) is 6.34. The van der Waals surface area contributed by atoms with Crippen LogP contribution in [0.25, 0.3) is 5.65 Å². The molecule has 2 aromatic heterocycles. The van der Waals surface area contributed by atoms with Crippen LogP contribution in [0.1, 0.15) is 11.3 Å². The van der Waals surface area contributed by atoms with Gasteiger partial charge in [0.15, 0.2) is 5.65 Å². The van der Waals surface area contributed by atoms with Crippen LogP contribution in [-0.4, -0.2) is 33.6 Å². The molecule has 0 fully saturated rings. The number of nitrogens with zero attached hydrogens (tertiary/aromatic N) is 4. The number of hydrogen-bond donors (Lipinski definition) is 0. The van der Waals surface area contributed by atoms with Gasteiger partial charge in [0.05, 0.1) is 5.69 Å². The van der Waals surface area contributed by atoms with Crippen molar-refractivity contribution in [2.45, 2.75) is 13.5 Å². The first-order valence-electron chi connectivity index (χ1n) is 4.61. The van der Waals surface area contributed by atoms with E-state index in [-0.39, 0.29) is 0 Å². The predicted molar refractivity (Wildman–Crippen MR) is 55.1 cm³/mol. The summed E-state index contributed by atoms with van der Waals surface area (Å²) >= 11 is 0. The normalized spacial score (nSPS) is 11.4. The topological polar surface area (TPSA) is 33.4 Å². The van der Waals surface area contributed by atoms with E-state index in [9.17, 15) is 0 Å². The van der Waals surface area contributed by atoms with Gasteiger partial charge in [-0.2, -0.15) is 5.10 Å². The molecule has 0 saturated heterocycles. The molecule has 0 spiro atoms. The first-order valence-corrected chi connectivity index (χ1v) is 4.61. The molecule has 0 aliphatic rings. The van der Waals surface area contributed by atoms with Gasteiger partial charge in [-0.05, 0) is 32.6 Å². The second kappa shape index (κ2) is 3.38. The smallest absolute Gasteiger partial charge is 0.158 e. The lowest BCUT2D eigenvalue weighted by atomic mass is 10.2. The van der Waals surface area contributed by atoms with Gasteiger partial charge in [-0.1, -0.05) is 6.07 Å². The van der Waals surface area contributed by atoms with Gasteiger partial charge in [0.2, 0.25) is 0 Å². The van der Waals surface area contributed by atoms with Crippen LogP contribution in [-0.2, 0) is 6.54 Å². The highest BCUT2D eigenvalue weighted by molar-refractivity contribution is 5.46. The number of pyridine rings is 1. The molecule has 2 heterocycles. The minimum atomic E-state index is 0.875. The second-order valence-electron chi connectivity index (χ2n) is 3.74. The molecule has 0 bridgehead atoms. The SMILES string of the molecule is Cc1ccc(CN(C)C)n2ncnc12. The van der Waals surface area contributed by atoms with E-state index in [1.165, 1.54) is 0 Å². The molecule has 14 heavy (non-hydrogen) atoms. The van der Waals surface area contributed by atoms with Crippen LogP contribution < -0.4 is 0 Å². The van der Waals surface area contributed by atoms with Crippen molar-refractivity contribution in [3.63, 3.8) is 0 Å². The Balaban J connectivity index is 2.55. The third-order valence-corrected chi connectivity index (χ3v) is 2.18. The van der Waals surface area contributed by atoms with Crippen LogP contribution >= 0.6 is 0 Å². The Bertz CT molecular complexity index is 444. The van der Waals surface area contributed by atoms with Gasteiger partial charge in [-0.15, -0.1) is 0 Å². The van der Waals surface area contributed by atoms with Crippen LogP contribution in [0, 0.1) is 6.92 Å². The first kappa shape index (κ1) is 9.15. The molecule has 4 nitrogen and oxygen atoms in total. The van der Waals surface area contributed by atoms with E-state index in [0.717, 1.165) is 23.4 Å². The largest absolute Gasteiger partial charge is 0.304 e. The summed E-state index contributed by atoms with van der Waals surface area (Å²) in [6.07, 6.45) is 1.60. The van der Waals surface area contributed by atoms with Crippen molar-refractivity contribution >= 4 is 5.65 Å². The summed E-state index contributed by atoms with van der Waals surface area (Å²) in [6, 6.07) is 4.18. The van der Waals surface area contributed by atoms with E-state index in [0.29, 0.717) is 0 Å². The van der Waals surface area contributed by atoms with Gasteiger partial charge in [0.25, 0.3) is 0 Å². The molecule has 2 rings (SSSR count). The van der Waals surface area contributed by atoms with E-state index in [1.807, 2.05) is 25.5 Å². The molecule has 0 amide bonds. The summed E-state index contributed by atoms with van der Waals surface area (Å²) in [5.41, 5.74) is 3.27. The van der Waals surface area contributed by atoms with Crippen molar-refractivity contribution in [1.29, 1.82) is 0 Å². The van der Waals surface area contributed by atoms with Gasteiger partial charge < -0.3 is 4.90 Å². The summed E-state index contributed by atoms with van der Waals surface area (Å²) < 4.78 is 1.90. The second-order valence-corrected chi connectivity index (χ2v) is 3.74. The summed E-state index contributed by atoms with van der Waals surface area (Å²) in [5, 5.41) is 4.21. The molecule has 0 N–H and O–H groups in total. The van der Waals surface area contributed by atoms with Gasteiger partial charge in [0, 0.05) is 6.54 Å². The van der Waals surface area contributed by atoms with Crippen molar-refractivity contribution in [1.82, 2.24) is 19.5 Å². The van der Waals surface area contributed by atoms with Gasteiger partial charge in [0.1, 0.15) is 6.33 Å². The minimum Gasteiger partial charge on any atom is -0.304 e. The fraction of sp³-hybridized carbons (Fsp3) is 0.400. The third kappa shape index (κ3) is 1.48. The van der Waals surface area contributed by atoms with Crippen molar-refractivity contribution in [3.8, 4) is 0 Å². The van der Waals surface area contributed by atoms with Crippen LogP contribution in [0.3, 0.4) is 0 Å². The molecule has 0 atom stereocenters. The summed E-state index contributed by atoms with van der Waals surface area (Å²) in [6.45, 7) is 2.92. The van der Waals surface area contributed by atoms with Crippen LogP contribution in [0.5, 0.6) is 0 Å². The van der Waals surface area contributed by atoms with E-state index in [4.69, 9.17) is 0 Å². The van der Waals surface area contributed by atoms with Crippen molar-refractivity contribution < 1.29 is 0 Å². The fourth-order valence-corrected chi connectivity index (χ4v) is 1.53. The highest BCUT2D eigenvalue weighted by atomic mass is 15.3. The maximum Gasteiger partial charge on any atom is 0.158 e. The molecule has 0 saturated carbocycles. The van der Waals surface area contributed by atoms with Crippen LogP contribution in [0.2, 0.25) is 0 Å². The predicted octanol–water partition coefficient (Wildman–Crippen LogP) is 1.10. The molecule has 0 radical (unpaired) electrons. The number of hydrogen-bond acceptors (Lipinski definition) is 3. The average molecular weight is 190 g/mol. The Morgan fingerprint density at radius 3 is 2.86 bits per heavy atom. The molecule has 0 aromatic carbocycles.